The van der Waals surface area contributed by atoms with Crippen LogP contribution in [-0.2, 0) is 25.5 Å². The first-order valence-corrected chi connectivity index (χ1v) is 9.51. The molecule has 3 rings (SSSR count). The molecule has 0 saturated carbocycles. The Kier molecular flexibility index (Phi) is 6.46. The summed E-state index contributed by atoms with van der Waals surface area (Å²) in [6.45, 7) is 1.58. The zero-order valence-electron chi connectivity index (χ0n) is 16.9. The topological polar surface area (TPSA) is 94.6 Å². The van der Waals surface area contributed by atoms with Gasteiger partial charge in [-0.3, -0.25) is 9.59 Å². The lowest BCUT2D eigenvalue weighted by Gasteiger charge is -2.37. The Morgan fingerprint density at radius 1 is 1.14 bits per heavy atom. The normalized spacial score (nSPS) is 18.2. The van der Waals surface area contributed by atoms with Gasteiger partial charge in [-0.2, -0.15) is 0 Å². The van der Waals surface area contributed by atoms with Crippen LogP contribution in [0.2, 0.25) is 0 Å². The van der Waals surface area contributed by atoms with Crippen molar-refractivity contribution in [1.82, 2.24) is 9.80 Å². The van der Waals surface area contributed by atoms with E-state index in [0.29, 0.717) is 37.6 Å². The van der Waals surface area contributed by atoms with Gasteiger partial charge in [0, 0.05) is 19.5 Å². The molecule has 2 aliphatic heterocycles. The number of nitrogens with zero attached hydrogens (tertiary/aromatic N) is 2. The summed E-state index contributed by atoms with van der Waals surface area (Å²) in [4.78, 5) is 39.8. The van der Waals surface area contributed by atoms with Gasteiger partial charge in [-0.25, -0.2) is 4.79 Å². The number of carbonyl (C=O) groups excluding carboxylic acids is 3. The molecule has 0 bridgehead atoms. The highest BCUT2D eigenvalue weighted by atomic mass is 16.6. The Labute approximate surface area is 169 Å². The van der Waals surface area contributed by atoms with E-state index in [1.54, 1.807) is 19.1 Å². The monoisotopic (exact) mass is 406 g/mol. The maximum absolute atomic E-state index is 13.0. The lowest BCUT2D eigenvalue weighted by molar-refractivity contribution is -0.144. The maximum atomic E-state index is 13.0. The standard InChI is InChI=1S/C20H26N2O7/c1-26-16-10-13-4-7-22(18(23)5-6-21-8-9-29-20(21)25)15(12-19(24)28-3)14(13)11-17(16)27-2/h10-11,15H,4-9,12H2,1-3H3. The van der Waals surface area contributed by atoms with Crippen LogP contribution < -0.4 is 9.47 Å². The molecule has 1 saturated heterocycles. The van der Waals surface area contributed by atoms with Crippen molar-refractivity contribution in [3.8, 4) is 11.5 Å². The number of ether oxygens (including phenoxy) is 4. The second-order valence-corrected chi connectivity index (χ2v) is 6.89. The van der Waals surface area contributed by atoms with Crippen molar-refractivity contribution in [2.75, 3.05) is 47.6 Å². The second-order valence-electron chi connectivity index (χ2n) is 6.89. The smallest absolute Gasteiger partial charge is 0.409 e. The molecule has 9 nitrogen and oxygen atoms in total. The first kappa shape index (κ1) is 20.8. The average Bonchev–Trinajstić information content (AvgIpc) is 3.15. The van der Waals surface area contributed by atoms with Gasteiger partial charge in [-0.1, -0.05) is 0 Å². The Balaban J connectivity index is 1.84. The van der Waals surface area contributed by atoms with E-state index in [9.17, 15) is 14.4 Å². The van der Waals surface area contributed by atoms with Gasteiger partial charge in [0.15, 0.2) is 11.5 Å². The van der Waals surface area contributed by atoms with E-state index < -0.39 is 18.1 Å². The number of fused-ring (bicyclic) bond motifs is 1. The number of amides is 2. The van der Waals surface area contributed by atoms with E-state index >= 15 is 0 Å². The molecule has 1 fully saturated rings. The predicted octanol–water partition coefficient (Wildman–Crippen LogP) is 1.53. The van der Waals surface area contributed by atoms with Crippen molar-refractivity contribution >= 4 is 18.0 Å². The zero-order valence-corrected chi connectivity index (χ0v) is 16.9. The Morgan fingerprint density at radius 3 is 2.48 bits per heavy atom. The number of carbonyl (C=O) groups is 3. The zero-order chi connectivity index (χ0) is 21.0. The van der Waals surface area contributed by atoms with Crippen molar-refractivity contribution in [1.29, 1.82) is 0 Å². The third-order valence-electron chi connectivity index (χ3n) is 5.35. The first-order valence-electron chi connectivity index (χ1n) is 9.51. The molecule has 2 amide bonds. The fraction of sp³-hybridized carbons (Fsp3) is 0.550. The molecule has 29 heavy (non-hydrogen) atoms. The van der Waals surface area contributed by atoms with Crippen LogP contribution >= 0.6 is 0 Å². The minimum atomic E-state index is -0.468. The van der Waals surface area contributed by atoms with E-state index in [-0.39, 0.29) is 25.3 Å². The summed E-state index contributed by atoms with van der Waals surface area (Å²) >= 11 is 0. The molecule has 0 N–H and O–H groups in total. The van der Waals surface area contributed by atoms with Gasteiger partial charge >= 0.3 is 12.1 Å². The van der Waals surface area contributed by atoms with Gasteiger partial charge in [-0.05, 0) is 29.7 Å². The highest BCUT2D eigenvalue weighted by Crippen LogP contribution is 2.39. The molecule has 0 spiro atoms. The van der Waals surface area contributed by atoms with Gasteiger partial charge in [0.25, 0.3) is 0 Å². The summed E-state index contributed by atoms with van der Waals surface area (Å²) in [6.07, 6.45) is 0.432. The molecule has 0 radical (unpaired) electrons. The molecule has 1 atom stereocenters. The van der Waals surface area contributed by atoms with E-state index in [4.69, 9.17) is 18.9 Å². The molecule has 0 aliphatic carbocycles. The average molecular weight is 406 g/mol. The number of cyclic esters (lactones) is 1. The van der Waals surface area contributed by atoms with Crippen LogP contribution in [0.15, 0.2) is 12.1 Å². The number of esters is 1. The predicted molar refractivity (Wildman–Crippen MR) is 102 cm³/mol. The fourth-order valence-corrected chi connectivity index (χ4v) is 3.79. The van der Waals surface area contributed by atoms with Crippen LogP contribution in [0, 0.1) is 0 Å². The van der Waals surface area contributed by atoms with E-state index in [1.165, 1.54) is 12.0 Å². The van der Waals surface area contributed by atoms with Crippen LogP contribution in [0.3, 0.4) is 0 Å². The van der Waals surface area contributed by atoms with Crippen molar-refractivity contribution in [2.45, 2.75) is 25.3 Å². The van der Waals surface area contributed by atoms with E-state index in [2.05, 4.69) is 0 Å². The SMILES string of the molecule is COC(=O)CC1c2cc(OC)c(OC)cc2CCN1C(=O)CCN1CCOC1=O. The Morgan fingerprint density at radius 2 is 1.86 bits per heavy atom. The molecule has 158 valence electrons. The molecular weight excluding hydrogens is 380 g/mol. The van der Waals surface area contributed by atoms with Crippen LogP contribution in [0.4, 0.5) is 4.79 Å². The fourth-order valence-electron chi connectivity index (χ4n) is 3.79. The molecule has 2 heterocycles. The van der Waals surface area contributed by atoms with Crippen molar-refractivity contribution in [3.63, 3.8) is 0 Å². The quantitative estimate of drug-likeness (QED) is 0.634. The lowest BCUT2D eigenvalue weighted by Crippen LogP contribution is -2.42. The number of benzene rings is 1. The summed E-state index contributed by atoms with van der Waals surface area (Å²) in [7, 11) is 4.43. The van der Waals surface area contributed by atoms with Crippen LogP contribution in [0.5, 0.6) is 11.5 Å². The van der Waals surface area contributed by atoms with Crippen molar-refractivity contribution < 1.29 is 33.3 Å². The minimum absolute atomic E-state index is 0.0382. The van der Waals surface area contributed by atoms with Gasteiger partial charge < -0.3 is 28.7 Å². The van der Waals surface area contributed by atoms with Gasteiger partial charge in [0.2, 0.25) is 5.91 Å². The van der Waals surface area contributed by atoms with Crippen LogP contribution in [0.25, 0.3) is 0 Å². The summed E-state index contributed by atoms with van der Waals surface area (Å²) in [5, 5.41) is 0. The van der Waals surface area contributed by atoms with E-state index in [0.717, 1.165) is 11.1 Å². The van der Waals surface area contributed by atoms with Crippen molar-refractivity contribution in [3.05, 3.63) is 23.3 Å². The highest BCUT2D eigenvalue weighted by molar-refractivity contribution is 5.80. The van der Waals surface area contributed by atoms with E-state index in [1.807, 2.05) is 12.1 Å². The molecule has 9 heteroatoms. The molecule has 1 unspecified atom stereocenters. The number of hydrogen-bond donors (Lipinski definition) is 0. The maximum Gasteiger partial charge on any atom is 0.409 e. The molecular formula is C20H26N2O7. The van der Waals surface area contributed by atoms with Gasteiger partial charge in [0.05, 0.1) is 40.3 Å². The van der Waals surface area contributed by atoms with Crippen LogP contribution in [-0.4, -0.2) is 75.3 Å². The molecule has 1 aromatic carbocycles. The summed E-state index contributed by atoms with van der Waals surface area (Å²) in [6, 6.07) is 3.24. The first-order chi connectivity index (χ1) is 14.0. The van der Waals surface area contributed by atoms with Gasteiger partial charge in [0.1, 0.15) is 6.61 Å². The second kappa shape index (κ2) is 9.02. The number of hydrogen-bond acceptors (Lipinski definition) is 7. The minimum Gasteiger partial charge on any atom is -0.493 e. The number of rotatable bonds is 7. The summed E-state index contributed by atoms with van der Waals surface area (Å²) < 4.78 is 20.5. The van der Waals surface area contributed by atoms with Gasteiger partial charge in [-0.15, -0.1) is 0 Å². The Bertz CT molecular complexity index is 795. The molecule has 1 aromatic rings. The third-order valence-corrected chi connectivity index (χ3v) is 5.35. The largest absolute Gasteiger partial charge is 0.493 e. The van der Waals surface area contributed by atoms with Crippen molar-refractivity contribution in [2.24, 2.45) is 0 Å². The summed E-state index contributed by atoms with van der Waals surface area (Å²) in [5.74, 6) is 0.614. The van der Waals surface area contributed by atoms with Crippen LogP contribution in [0.1, 0.15) is 30.0 Å². The molecule has 0 aromatic heterocycles. The molecule has 2 aliphatic rings. The summed E-state index contributed by atoms with van der Waals surface area (Å²) in [5.41, 5.74) is 1.84. The highest BCUT2D eigenvalue weighted by Gasteiger charge is 2.34. The Hall–Kier alpha value is -2.97. The lowest BCUT2D eigenvalue weighted by atomic mass is 9.89. The number of methoxy groups -OCH3 is 3. The third kappa shape index (κ3) is 4.38.